The van der Waals surface area contributed by atoms with Crippen LogP contribution in [0.25, 0.3) is 0 Å². The number of nitrogens with two attached hydrogens (primary N) is 1. The minimum atomic E-state index is -3.65. The summed E-state index contributed by atoms with van der Waals surface area (Å²) in [6, 6.07) is 6.45. The molecule has 0 aliphatic carbocycles. The van der Waals surface area contributed by atoms with Crippen molar-refractivity contribution >= 4 is 25.5 Å². The van der Waals surface area contributed by atoms with Gasteiger partial charge in [0, 0.05) is 11.7 Å². The van der Waals surface area contributed by atoms with E-state index in [0.29, 0.717) is 5.69 Å². The summed E-state index contributed by atoms with van der Waals surface area (Å²) in [6.45, 7) is 1.71. The standard InChI is InChI=1S/C12H18N2O4S2/c1-9(10-2-4-11(13)5-3-10)14-20(17,18)12-6-7-19(15,16)8-12/h2-5,9,12,14H,6-8,13H2,1H3. The monoisotopic (exact) mass is 318 g/mol. The van der Waals surface area contributed by atoms with Gasteiger partial charge >= 0.3 is 0 Å². The average molecular weight is 318 g/mol. The number of nitrogen functional groups attached to an aromatic ring is 1. The minimum Gasteiger partial charge on any atom is -0.399 e. The van der Waals surface area contributed by atoms with E-state index in [4.69, 9.17) is 5.73 Å². The quantitative estimate of drug-likeness (QED) is 0.783. The second-order valence-electron chi connectivity index (χ2n) is 5.08. The Kier molecular flexibility index (Phi) is 4.08. The van der Waals surface area contributed by atoms with E-state index in [9.17, 15) is 16.8 Å². The fraction of sp³-hybridized carbons (Fsp3) is 0.500. The van der Waals surface area contributed by atoms with Gasteiger partial charge in [-0.15, -0.1) is 0 Å². The van der Waals surface area contributed by atoms with Gasteiger partial charge in [-0.2, -0.15) is 0 Å². The maximum Gasteiger partial charge on any atom is 0.216 e. The Morgan fingerprint density at radius 3 is 2.40 bits per heavy atom. The lowest BCUT2D eigenvalue weighted by molar-refractivity contribution is 0.554. The molecule has 0 bridgehead atoms. The van der Waals surface area contributed by atoms with Crippen LogP contribution in [0.5, 0.6) is 0 Å². The van der Waals surface area contributed by atoms with E-state index in [2.05, 4.69) is 4.72 Å². The Morgan fingerprint density at radius 2 is 1.90 bits per heavy atom. The lowest BCUT2D eigenvalue weighted by Gasteiger charge is -2.17. The fourth-order valence-corrected chi connectivity index (χ4v) is 6.48. The van der Waals surface area contributed by atoms with Crippen molar-refractivity contribution in [3.63, 3.8) is 0 Å². The Hall–Kier alpha value is -1.12. The van der Waals surface area contributed by atoms with Crippen molar-refractivity contribution < 1.29 is 16.8 Å². The molecule has 1 heterocycles. The minimum absolute atomic E-state index is 0.0607. The van der Waals surface area contributed by atoms with Gasteiger partial charge in [0.05, 0.1) is 16.8 Å². The number of rotatable bonds is 4. The Balaban J connectivity index is 2.10. The molecule has 6 nitrogen and oxygen atoms in total. The molecule has 20 heavy (non-hydrogen) atoms. The van der Waals surface area contributed by atoms with E-state index in [1.54, 1.807) is 31.2 Å². The fourth-order valence-electron chi connectivity index (χ4n) is 2.20. The van der Waals surface area contributed by atoms with Gasteiger partial charge in [0.15, 0.2) is 9.84 Å². The van der Waals surface area contributed by atoms with Crippen molar-refractivity contribution in [3.8, 4) is 0 Å². The third-order valence-corrected chi connectivity index (χ3v) is 7.35. The molecular weight excluding hydrogens is 300 g/mol. The molecule has 0 spiro atoms. The normalized spacial score (nSPS) is 23.6. The third-order valence-electron chi connectivity index (χ3n) is 3.41. The molecule has 2 rings (SSSR count). The number of nitrogens with one attached hydrogen (secondary N) is 1. The van der Waals surface area contributed by atoms with Crippen molar-refractivity contribution in [1.29, 1.82) is 0 Å². The van der Waals surface area contributed by atoms with Gasteiger partial charge in [-0.25, -0.2) is 21.6 Å². The second kappa shape index (κ2) is 5.34. The van der Waals surface area contributed by atoms with Crippen LogP contribution in [0.15, 0.2) is 24.3 Å². The van der Waals surface area contributed by atoms with E-state index < -0.39 is 31.2 Å². The first-order chi connectivity index (χ1) is 9.20. The third kappa shape index (κ3) is 3.50. The molecule has 1 saturated heterocycles. The molecule has 1 aliphatic rings. The molecule has 1 aromatic carbocycles. The summed E-state index contributed by atoms with van der Waals surface area (Å²) >= 11 is 0. The molecule has 2 atom stereocenters. The van der Waals surface area contributed by atoms with Crippen LogP contribution in [0.4, 0.5) is 5.69 Å². The SMILES string of the molecule is CC(NS(=O)(=O)C1CCS(=O)(=O)C1)c1ccc(N)cc1. The van der Waals surface area contributed by atoms with Crippen molar-refractivity contribution in [2.24, 2.45) is 0 Å². The zero-order chi connectivity index (χ0) is 15.0. The topological polar surface area (TPSA) is 106 Å². The summed E-state index contributed by atoms with van der Waals surface area (Å²) in [4.78, 5) is 0. The number of anilines is 1. The molecule has 1 aromatic rings. The van der Waals surface area contributed by atoms with E-state index >= 15 is 0 Å². The van der Waals surface area contributed by atoms with Gasteiger partial charge in [-0.1, -0.05) is 12.1 Å². The first kappa shape index (κ1) is 15.3. The van der Waals surface area contributed by atoms with Crippen molar-refractivity contribution in [1.82, 2.24) is 4.72 Å². The van der Waals surface area contributed by atoms with Gasteiger partial charge in [0.1, 0.15) is 0 Å². The number of hydrogen-bond acceptors (Lipinski definition) is 5. The smallest absolute Gasteiger partial charge is 0.216 e. The number of sulfone groups is 1. The number of sulfonamides is 1. The van der Waals surface area contributed by atoms with Gasteiger partial charge < -0.3 is 5.73 Å². The van der Waals surface area contributed by atoms with Crippen LogP contribution in [0.3, 0.4) is 0 Å². The van der Waals surface area contributed by atoms with Crippen LogP contribution in [0.1, 0.15) is 24.9 Å². The zero-order valence-electron chi connectivity index (χ0n) is 11.1. The second-order valence-corrected chi connectivity index (χ2v) is 9.30. The summed E-state index contributed by atoms with van der Waals surface area (Å²) in [6.07, 6.45) is 0.159. The average Bonchev–Trinajstić information content (AvgIpc) is 2.70. The largest absolute Gasteiger partial charge is 0.399 e. The Labute approximate surface area is 119 Å². The molecular formula is C12H18N2O4S2. The lowest BCUT2D eigenvalue weighted by atomic mass is 10.1. The molecule has 112 valence electrons. The van der Waals surface area contributed by atoms with E-state index in [1.807, 2.05) is 0 Å². The summed E-state index contributed by atoms with van der Waals surface area (Å²) in [5.74, 6) is -0.356. The van der Waals surface area contributed by atoms with Crippen molar-refractivity contribution in [2.45, 2.75) is 24.6 Å². The van der Waals surface area contributed by atoms with Crippen LogP contribution in [-0.4, -0.2) is 33.6 Å². The van der Waals surface area contributed by atoms with E-state index in [1.165, 1.54) is 0 Å². The summed E-state index contributed by atoms with van der Waals surface area (Å²) in [5.41, 5.74) is 6.96. The highest BCUT2D eigenvalue weighted by Gasteiger charge is 2.37. The number of benzene rings is 1. The molecule has 0 amide bonds. The van der Waals surface area contributed by atoms with Crippen LogP contribution >= 0.6 is 0 Å². The summed E-state index contributed by atoms with van der Waals surface area (Å²) in [7, 11) is -6.87. The maximum atomic E-state index is 12.2. The van der Waals surface area contributed by atoms with Crippen molar-refractivity contribution in [2.75, 3.05) is 17.2 Å². The molecule has 1 fully saturated rings. The predicted molar refractivity (Wildman–Crippen MR) is 78.4 cm³/mol. The van der Waals surface area contributed by atoms with Gasteiger partial charge in [-0.3, -0.25) is 0 Å². The lowest BCUT2D eigenvalue weighted by Crippen LogP contribution is -2.36. The van der Waals surface area contributed by atoms with E-state index in [-0.39, 0.29) is 17.9 Å². The van der Waals surface area contributed by atoms with Crippen LogP contribution < -0.4 is 10.5 Å². The van der Waals surface area contributed by atoms with Crippen LogP contribution in [0, 0.1) is 0 Å². The molecule has 1 aliphatic heterocycles. The highest BCUT2D eigenvalue weighted by Crippen LogP contribution is 2.21. The molecule has 8 heteroatoms. The Bertz CT molecular complexity index is 681. The summed E-state index contributed by atoms with van der Waals surface area (Å²) in [5, 5.41) is -0.858. The summed E-state index contributed by atoms with van der Waals surface area (Å²) < 4.78 is 49.6. The van der Waals surface area contributed by atoms with Crippen LogP contribution in [-0.2, 0) is 19.9 Å². The predicted octanol–water partition coefficient (Wildman–Crippen LogP) is 0.436. The molecule has 2 unspecified atom stereocenters. The highest BCUT2D eigenvalue weighted by atomic mass is 32.2. The zero-order valence-corrected chi connectivity index (χ0v) is 12.7. The van der Waals surface area contributed by atoms with E-state index in [0.717, 1.165) is 5.56 Å². The highest BCUT2D eigenvalue weighted by molar-refractivity contribution is 7.95. The Morgan fingerprint density at radius 1 is 1.30 bits per heavy atom. The molecule has 0 aromatic heterocycles. The first-order valence-electron chi connectivity index (χ1n) is 6.27. The van der Waals surface area contributed by atoms with Gasteiger partial charge in [-0.05, 0) is 31.0 Å². The van der Waals surface area contributed by atoms with Crippen molar-refractivity contribution in [3.05, 3.63) is 29.8 Å². The number of hydrogen-bond donors (Lipinski definition) is 2. The van der Waals surface area contributed by atoms with Gasteiger partial charge in [0.25, 0.3) is 0 Å². The maximum absolute atomic E-state index is 12.2. The molecule has 0 radical (unpaired) electrons. The molecule has 3 N–H and O–H groups in total. The first-order valence-corrected chi connectivity index (χ1v) is 9.63. The van der Waals surface area contributed by atoms with Gasteiger partial charge in [0.2, 0.25) is 10.0 Å². The molecule has 0 saturated carbocycles. The van der Waals surface area contributed by atoms with Crippen LogP contribution in [0.2, 0.25) is 0 Å².